The quantitative estimate of drug-likeness (QED) is 0.816. The van der Waals surface area contributed by atoms with Crippen molar-refractivity contribution in [2.45, 2.75) is 32.7 Å². The molecule has 0 aliphatic carbocycles. The zero-order valence-corrected chi connectivity index (χ0v) is 17.9. The van der Waals surface area contributed by atoms with Crippen LogP contribution in [-0.4, -0.2) is 53.6 Å². The molecular formula is C19H28Cl2N6O. The van der Waals surface area contributed by atoms with Gasteiger partial charge < -0.3 is 15.1 Å². The molecule has 1 N–H and O–H groups in total. The molecule has 0 atom stereocenters. The van der Waals surface area contributed by atoms with Crippen LogP contribution in [0.5, 0.6) is 0 Å². The molecule has 0 radical (unpaired) electrons. The lowest BCUT2D eigenvalue weighted by Crippen LogP contribution is -2.44. The summed E-state index contributed by atoms with van der Waals surface area (Å²) in [5.74, 6) is -0.0501. The van der Waals surface area contributed by atoms with Crippen LogP contribution in [-0.2, 0) is 0 Å². The summed E-state index contributed by atoms with van der Waals surface area (Å²) in [5, 5.41) is 12.0. The topological polar surface area (TPSA) is 66.3 Å². The Morgan fingerprint density at radius 1 is 1.14 bits per heavy atom. The summed E-state index contributed by atoms with van der Waals surface area (Å²) >= 11 is 0. The second kappa shape index (κ2) is 9.58. The number of hydrogen-bond acceptors (Lipinski definition) is 5. The summed E-state index contributed by atoms with van der Waals surface area (Å²) in [6, 6.07) is 8.43. The van der Waals surface area contributed by atoms with Crippen LogP contribution in [0.15, 0.2) is 24.3 Å². The number of halogens is 2. The lowest BCUT2D eigenvalue weighted by atomic mass is 10.1. The van der Waals surface area contributed by atoms with Gasteiger partial charge in [0.15, 0.2) is 5.69 Å². The monoisotopic (exact) mass is 426 g/mol. The van der Waals surface area contributed by atoms with Crippen molar-refractivity contribution < 1.29 is 4.79 Å². The Hall–Kier alpha value is -1.83. The molecule has 1 saturated heterocycles. The van der Waals surface area contributed by atoms with E-state index in [9.17, 15) is 4.79 Å². The molecule has 0 bridgehead atoms. The van der Waals surface area contributed by atoms with Crippen molar-refractivity contribution in [2.75, 3.05) is 42.5 Å². The summed E-state index contributed by atoms with van der Waals surface area (Å²) in [4.78, 5) is 17.4. The maximum absolute atomic E-state index is 13.3. The van der Waals surface area contributed by atoms with Crippen molar-refractivity contribution >= 4 is 42.1 Å². The molecule has 2 aliphatic heterocycles. The number of carbonyl (C=O) groups excluding carboxylic acids is 1. The van der Waals surface area contributed by atoms with Gasteiger partial charge in [-0.2, -0.15) is 0 Å². The molecule has 154 valence electrons. The summed E-state index contributed by atoms with van der Waals surface area (Å²) in [5.41, 5.74) is 3.42. The molecule has 1 aromatic heterocycles. The van der Waals surface area contributed by atoms with Gasteiger partial charge >= 0.3 is 0 Å². The van der Waals surface area contributed by atoms with Gasteiger partial charge in [-0.05, 0) is 51.9 Å². The Morgan fingerprint density at radius 3 is 2.50 bits per heavy atom. The molecule has 2 aliphatic rings. The second-order valence-electron chi connectivity index (χ2n) is 6.97. The number of rotatable bonds is 3. The number of anilines is 2. The first-order valence-corrected chi connectivity index (χ1v) is 9.49. The zero-order valence-electron chi connectivity index (χ0n) is 16.3. The number of nitrogens with zero attached hydrogens (tertiary/aromatic N) is 5. The number of para-hydroxylation sites is 2. The third kappa shape index (κ3) is 3.97. The molecular weight excluding hydrogens is 399 g/mol. The Balaban J connectivity index is 0.00000140. The van der Waals surface area contributed by atoms with E-state index in [0.717, 1.165) is 56.1 Å². The molecule has 28 heavy (non-hydrogen) atoms. The van der Waals surface area contributed by atoms with Gasteiger partial charge in [0, 0.05) is 19.6 Å². The average Bonchev–Trinajstić information content (AvgIpc) is 3.08. The van der Waals surface area contributed by atoms with Crippen LogP contribution >= 0.6 is 24.8 Å². The minimum absolute atomic E-state index is 0. The van der Waals surface area contributed by atoms with Crippen LogP contribution in [0.25, 0.3) is 0 Å². The van der Waals surface area contributed by atoms with Gasteiger partial charge in [-0.15, -0.1) is 29.9 Å². The highest BCUT2D eigenvalue weighted by Gasteiger charge is 2.30. The number of hydrogen-bond donors (Lipinski definition) is 1. The summed E-state index contributed by atoms with van der Waals surface area (Å²) in [7, 11) is 0. The van der Waals surface area contributed by atoms with E-state index in [0.29, 0.717) is 18.3 Å². The van der Waals surface area contributed by atoms with Crippen LogP contribution in [0.1, 0.15) is 42.0 Å². The van der Waals surface area contributed by atoms with Gasteiger partial charge in [0.25, 0.3) is 5.91 Å². The predicted molar refractivity (Wildman–Crippen MR) is 116 cm³/mol. The molecule has 1 aromatic carbocycles. The number of nitrogens with one attached hydrogen (secondary N) is 1. The van der Waals surface area contributed by atoms with Crippen LogP contribution in [0.3, 0.4) is 0 Å². The number of aromatic nitrogens is 3. The third-order valence-corrected chi connectivity index (χ3v) is 5.52. The van der Waals surface area contributed by atoms with E-state index in [1.807, 2.05) is 34.7 Å². The predicted octanol–water partition coefficient (Wildman–Crippen LogP) is 2.84. The zero-order chi connectivity index (χ0) is 18.1. The van der Waals surface area contributed by atoms with E-state index in [2.05, 4.69) is 33.5 Å². The van der Waals surface area contributed by atoms with Crippen molar-refractivity contribution in [3.63, 3.8) is 0 Å². The van der Waals surface area contributed by atoms with E-state index in [1.165, 1.54) is 0 Å². The molecule has 1 fully saturated rings. The molecule has 0 unspecified atom stereocenters. The molecule has 1 amide bonds. The largest absolute Gasteiger partial charge is 0.368 e. The van der Waals surface area contributed by atoms with Gasteiger partial charge in [0.05, 0.1) is 23.1 Å². The fraction of sp³-hybridized carbons (Fsp3) is 0.526. The van der Waals surface area contributed by atoms with Crippen LogP contribution < -0.4 is 15.1 Å². The minimum Gasteiger partial charge on any atom is -0.368 e. The van der Waals surface area contributed by atoms with Crippen molar-refractivity contribution in [1.29, 1.82) is 0 Å². The standard InChI is InChI=1S/C19H26N6O.2ClH/c1-3-23-12-13-24(17-7-5-4-6-16(17)23)19(26)18-14(2)25(22-21-18)15-8-10-20-11-9-15;;/h4-7,15,20H,3,8-13H2,1-2H3;2*1H. The summed E-state index contributed by atoms with van der Waals surface area (Å²) < 4.78 is 1.95. The highest BCUT2D eigenvalue weighted by molar-refractivity contribution is 6.07. The maximum atomic E-state index is 13.3. The fourth-order valence-corrected chi connectivity index (χ4v) is 4.03. The number of piperidine rings is 1. The Kier molecular flexibility index (Phi) is 7.69. The first kappa shape index (κ1) is 22.5. The van der Waals surface area contributed by atoms with Crippen LogP contribution in [0, 0.1) is 6.92 Å². The number of benzene rings is 1. The van der Waals surface area contributed by atoms with E-state index in [-0.39, 0.29) is 30.7 Å². The van der Waals surface area contributed by atoms with Gasteiger partial charge in [-0.3, -0.25) is 4.79 Å². The fourth-order valence-electron chi connectivity index (χ4n) is 4.03. The van der Waals surface area contributed by atoms with E-state index >= 15 is 0 Å². The first-order chi connectivity index (χ1) is 12.7. The number of carbonyl (C=O) groups is 1. The van der Waals surface area contributed by atoms with Crippen molar-refractivity contribution in [1.82, 2.24) is 20.3 Å². The smallest absolute Gasteiger partial charge is 0.280 e. The van der Waals surface area contributed by atoms with E-state index < -0.39 is 0 Å². The van der Waals surface area contributed by atoms with Gasteiger partial charge in [0.2, 0.25) is 0 Å². The Morgan fingerprint density at radius 2 is 1.82 bits per heavy atom. The van der Waals surface area contributed by atoms with Gasteiger partial charge in [0.1, 0.15) is 0 Å². The first-order valence-electron chi connectivity index (χ1n) is 9.49. The Bertz CT molecular complexity index is 805. The van der Waals surface area contributed by atoms with Crippen molar-refractivity contribution in [3.05, 3.63) is 35.7 Å². The second-order valence-corrected chi connectivity index (χ2v) is 6.97. The van der Waals surface area contributed by atoms with Gasteiger partial charge in [-0.25, -0.2) is 4.68 Å². The number of fused-ring (bicyclic) bond motifs is 1. The molecule has 3 heterocycles. The summed E-state index contributed by atoms with van der Waals surface area (Å²) in [6.45, 7) is 8.51. The summed E-state index contributed by atoms with van der Waals surface area (Å²) in [6.07, 6.45) is 2.05. The SMILES string of the molecule is CCN1CCN(C(=O)c2nnn(C3CCNCC3)c2C)c2ccccc21.Cl.Cl. The molecule has 9 heteroatoms. The molecule has 0 saturated carbocycles. The van der Waals surface area contributed by atoms with E-state index in [4.69, 9.17) is 0 Å². The van der Waals surface area contributed by atoms with E-state index in [1.54, 1.807) is 0 Å². The highest BCUT2D eigenvalue weighted by Crippen LogP contribution is 2.33. The Labute approximate surface area is 178 Å². The average molecular weight is 427 g/mol. The van der Waals surface area contributed by atoms with Crippen LogP contribution in [0.2, 0.25) is 0 Å². The molecule has 7 nitrogen and oxygen atoms in total. The van der Waals surface area contributed by atoms with Gasteiger partial charge in [-0.1, -0.05) is 17.3 Å². The molecule has 0 spiro atoms. The number of amides is 1. The lowest BCUT2D eigenvalue weighted by Gasteiger charge is -2.37. The van der Waals surface area contributed by atoms with Crippen molar-refractivity contribution in [3.8, 4) is 0 Å². The normalized spacial score (nSPS) is 16.8. The molecule has 2 aromatic rings. The molecule has 4 rings (SSSR count). The lowest BCUT2D eigenvalue weighted by molar-refractivity contribution is 0.0981. The minimum atomic E-state index is -0.0501. The maximum Gasteiger partial charge on any atom is 0.280 e. The van der Waals surface area contributed by atoms with Crippen molar-refractivity contribution in [2.24, 2.45) is 0 Å². The third-order valence-electron chi connectivity index (χ3n) is 5.52. The highest BCUT2D eigenvalue weighted by atomic mass is 35.5. The van der Waals surface area contributed by atoms with Crippen LogP contribution in [0.4, 0.5) is 11.4 Å². The number of likely N-dealkylation sites (N-methyl/N-ethyl adjacent to an activating group) is 1.